The number of sulfonamides is 1. The van der Waals surface area contributed by atoms with Gasteiger partial charge in [-0.1, -0.05) is 0 Å². The van der Waals surface area contributed by atoms with Gasteiger partial charge < -0.3 is 14.6 Å². The molecule has 1 heterocycles. The summed E-state index contributed by atoms with van der Waals surface area (Å²) in [6.07, 6.45) is 0. The lowest BCUT2D eigenvalue weighted by atomic mass is 10.4. The first-order chi connectivity index (χ1) is 7.80. The number of nitrogens with zero attached hydrogens (tertiary/aromatic N) is 1. The Kier molecular flexibility index (Phi) is 4.27. The van der Waals surface area contributed by atoms with Gasteiger partial charge in [0.2, 0.25) is 5.09 Å². The van der Waals surface area contributed by atoms with Crippen molar-refractivity contribution in [1.82, 2.24) is 10.2 Å². The molecular formula is C9H15N3O4S. The van der Waals surface area contributed by atoms with Crippen LogP contribution in [0.5, 0.6) is 0 Å². The van der Waals surface area contributed by atoms with Crippen molar-refractivity contribution < 1.29 is 17.6 Å². The number of amides is 1. The van der Waals surface area contributed by atoms with Crippen LogP contribution < -0.4 is 10.5 Å². The van der Waals surface area contributed by atoms with E-state index in [1.165, 1.54) is 6.07 Å². The van der Waals surface area contributed by atoms with Gasteiger partial charge in [0.1, 0.15) is 0 Å². The summed E-state index contributed by atoms with van der Waals surface area (Å²) in [5, 5.41) is 7.01. The largest absolute Gasteiger partial charge is 0.438 e. The van der Waals surface area contributed by atoms with Crippen LogP contribution in [-0.2, 0) is 10.0 Å². The second-order valence-electron chi connectivity index (χ2n) is 3.72. The van der Waals surface area contributed by atoms with E-state index in [0.29, 0.717) is 13.1 Å². The predicted molar refractivity (Wildman–Crippen MR) is 61.0 cm³/mol. The van der Waals surface area contributed by atoms with E-state index in [4.69, 9.17) is 9.56 Å². The third-order valence-electron chi connectivity index (χ3n) is 1.93. The van der Waals surface area contributed by atoms with E-state index >= 15 is 0 Å². The Balaban J connectivity index is 2.62. The molecule has 1 aromatic rings. The third kappa shape index (κ3) is 4.17. The van der Waals surface area contributed by atoms with E-state index < -0.39 is 21.0 Å². The van der Waals surface area contributed by atoms with Crippen molar-refractivity contribution in [3.63, 3.8) is 0 Å². The summed E-state index contributed by atoms with van der Waals surface area (Å²) < 4.78 is 26.7. The van der Waals surface area contributed by atoms with Crippen molar-refractivity contribution in [3.05, 3.63) is 17.9 Å². The predicted octanol–water partition coefficient (Wildman–Crippen LogP) is -0.782. The van der Waals surface area contributed by atoms with E-state index in [0.717, 1.165) is 6.07 Å². The first kappa shape index (κ1) is 13.7. The Hall–Kier alpha value is -1.38. The molecule has 0 saturated carbocycles. The van der Waals surface area contributed by atoms with Gasteiger partial charge in [0.05, 0.1) is 0 Å². The van der Waals surface area contributed by atoms with Gasteiger partial charge in [0, 0.05) is 13.1 Å². The van der Waals surface area contributed by atoms with Crippen LogP contribution in [0.1, 0.15) is 10.6 Å². The molecule has 0 unspecified atom stereocenters. The number of likely N-dealkylation sites (N-methyl/N-ethyl adjacent to an activating group) is 1. The lowest BCUT2D eigenvalue weighted by Gasteiger charge is -2.09. The summed E-state index contributed by atoms with van der Waals surface area (Å²) in [6, 6.07) is 2.42. The van der Waals surface area contributed by atoms with Crippen molar-refractivity contribution in [3.8, 4) is 0 Å². The van der Waals surface area contributed by atoms with Crippen molar-refractivity contribution in [2.24, 2.45) is 5.14 Å². The molecule has 3 N–H and O–H groups in total. The number of hydrogen-bond donors (Lipinski definition) is 2. The molecule has 0 aliphatic carbocycles. The number of nitrogens with one attached hydrogen (secondary N) is 1. The summed E-state index contributed by atoms with van der Waals surface area (Å²) in [5.74, 6) is -0.547. The number of primary sulfonamides is 1. The topological polar surface area (TPSA) is 106 Å². The first-order valence-electron chi connectivity index (χ1n) is 4.86. The molecule has 7 nitrogen and oxygen atoms in total. The molecule has 0 aliphatic heterocycles. The fourth-order valence-corrected chi connectivity index (χ4v) is 1.54. The van der Waals surface area contributed by atoms with Gasteiger partial charge in [0.15, 0.2) is 5.76 Å². The summed E-state index contributed by atoms with van der Waals surface area (Å²) in [4.78, 5) is 13.4. The molecule has 0 saturated heterocycles. The Morgan fingerprint density at radius 2 is 2.12 bits per heavy atom. The highest BCUT2D eigenvalue weighted by atomic mass is 32.2. The van der Waals surface area contributed by atoms with E-state index in [-0.39, 0.29) is 5.76 Å². The molecule has 1 aromatic heterocycles. The van der Waals surface area contributed by atoms with E-state index in [2.05, 4.69) is 5.32 Å². The quantitative estimate of drug-likeness (QED) is 0.723. The first-order valence-corrected chi connectivity index (χ1v) is 6.41. The SMILES string of the molecule is CN(C)CCNC(=O)c1ccc(S(N)(=O)=O)o1. The smallest absolute Gasteiger partial charge is 0.287 e. The van der Waals surface area contributed by atoms with Gasteiger partial charge in [-0.05, 0) is 26.2 Å². The van der Waals surface area contributed by atoms with E-state index in [1.807, 2.05) is 19.0 Å². The minimum atomic E-state index is -3.90. The van der Waals surface area contributed by atoms with Crippen LogP contribution in [-0.4, -0.2) is 46.4 Å². The zero-order valence-corrected chi connectivity index (χ0v) is 10.5. The minimum absolute atomic E-state index is 0.0761. The Labute approximate surface area is 99.6 Å². The Morgan fingerprint density at radius 1 is 1.47 bits per heavy atom. The number of hydrogen-bond acceptors (Lipinski definition) is 5. The minimum Gasteiger partial charge on any atom is -0.438 e. The Bertz CT molecular complexity index is 492. The van der Waals surface area contributed by atoms with Crippen LogP contribution in [0, 0.1) is 0 Å². The zero-order chi connectivity index (χ0) is 13.1. The molecule has 0 bridgehead atoms. The van der Waals surface area contributed by atoms with E-state index in [1.54, 1.807) is 0 Å². The van der Waals surface area contributed by atoms with Gasteiger partial charge in [-0.3, -0.25) is 4.79 Å². The average Bonchev–Trinajstić information content (AvgIpc) is 2.64. The highest BCUT2D eigenvalue weighted by Crippen LogP contribution is 2.11. The summed E-state index contributed by atoms with van der Waals surface area (Å²) in [5.41, 5.74) is 0. The molecule has 1 amide bonds. The molecule has 0 radical (unpaired) electrons. The fraction of sp³-hybridized carbons (Fsp3) is 0.444. The Morgan fingerprint density at radius 3 is 2.59 bits per heavy atom. The number of nitrogens with two attached hydrogens (primary N) is 1. The van der Waals surface area contributed by atoms with Crippen molar-refractivity contribution in [2.75, 3.05) is 27.2 Å². The molecule has 0 aromatic carbocycles. The number of furan rings is 1. The van der Waals surface area contributed by atoms with Gasteiger partial charge >= 0.3 is 0 Å². The average molecular weight is 261 g/mol. The lowest BCUT2D eigenvalue weighted by molar-refractivity contribution is 0.0918. The zero-order valence-electron chi connectivity index (χ0n) is 9.63. The maximum Gasteiger partial charge on any atom is 0.287 e. The number of carbonyl (C=O) groups is 1. The van der Waals surface area contributed by atoms with Gasteiger partial charge in [-0.15, -0.1) is 0 Å². The van der Waals surface area contributed by atoms with Crippen LogP contribution >= 0.6 is 0 Å². The van der Waals surface area contributed by atoms with Crippen molar-refractivity contribution in [2.45, 2.75) is 5.09 Å². The van der Waals surface area contributed by atoms with Gasteiger partial charge in [-0.2, -0.15) is 0 Å². The van der Waals surface area contributed by atoms with Crippen LogP contribution in [0.2, 0.25) is 0 Å². The molecule has 8 heteroatoms. The number of rotatable bonds is 5. The summed E-state index contributed by atoms with van der Waals surface area (Å²) in [6.45, 7) is 1.12. The second kappa shape index (κ2) is 5.30. The standard InChI is InChI=1S/C9H15N3O4S/c1-12(2)6-5-11-9(13)7-3-4-8(16-7)17(10,14)15/h3-4H,5-6H2,1-2H3,(H,11,13)(H2,10,14,15). The molecular weight excluding hydrogens is 246 g/mol. The van der Waals surface area contributed by atoms with Crippen LogP contribution in [0.15, 0.2) is 21.6 Å². The highest BCUT2D eigenvalue weighted by Gasteiger charge is 2.16. The molecule has 17 heavy (non-hydrogen) atoms. The van der Waals surface area contributed by atoms with Gasteiger partial charge in [-0.25, -0.2) is 13.6 Å². The van der Waals surface area contributed by atoms with Crippen molar-refractivity contribution >= 4 is 15.9 Å². The van der Waals surface area contributed by atoms with Crippen LogP contribution in [0.25, 0.3) is 0 Å². The molecule has 0 fully saturated rings. The van der Waals surface area contributed by atoms with Crippen molar-refractivity contribution in [1.29, 1.82) is 0 Å². The highest BCUT2D eigenvalue weighted by molar-refractivity contribution is 7.89. The maximum absolute atomic E-state index is 11.5. The molecule has 0 aliphatic rings. The second-order valence-corrected chi connectivity index (χ2v) is 5.22. The molecule has 1 rings (SSSR count). The maximum atomic E-state index is 11.5. The third-order valence-corrected chi connectivity index (χ3v) is 2.71. The monoisotopic (exact) mass is 261 g/mol. The van der Waals surface area contributed by atoms with Crippen LogP contribution in [0.3, 0.4) is 0 Å². The lowest BCUT2D eigenvalue weighted by Crippen LogP contribution is -2.31. The van der Waals surface area contributed by atoms with Crippen LogP contribution in [0.4, 0.5) is 0 Å². The number of carbonyl (C=O) groups excluding carboxylic acids is 1. The summed E-state index contributed by atoms with van der Waals surface area (Å²) >= 11 is 0. The van der Waals surface area contributed by atoms with E-state index in [9.17, 15) is 13.2 Å². The molecule has 96 valence electrons. The fourth-order valence-electron chi connectivity index (χ4n) is 1.08. The van der Waals surface area contributed by atoms with Gasteiger partial charge in [0.25, 0.3) is 15.9 Å². The molecule has 0 spiro atoms. The molecule has 0 atom stereocenters. The normalized spacial score (nSPS) is 11.8. The summed E-state index contributed by atoms with van der Waals surface area (Å²) in [7, 11) is -0.158.